The molecule has 0 unspecified atom stereocenters. The predicted molar refractivity (Wildman–Crippen MR) is 145 cm³/mol. The van der Waals surface area contributed by atoms with Crippen LogP contribution in [-0.2, 0) is 0 Å². The van der Waals surface area contributed by atoms with E-state index in [-0.39, 0.29) is 5.91 Å². The molecular weight excluding hydrogens is 446 g/mol. The summed E-state index contributed by atoms with van der Waals surface area (Å²) in [6.07, 6.45) is 1.71. The monoisotopic (exact) mass is 469 g/mol. The molecule has 3 N–H and O–H groups in total. The van der Waals surface area contributed by atoms with E-state index in [0.29, 0.717) is 16.8 Å². The number of nitrogens with one attached hydrogen (secondary N) is 3. The fourth-order valence-corrected chi connectivity index (χ4v) is 4.04. The van der Waals surface area contributed by atoms with Crippen molar-refractivity contribution < 1.29 is 4.79 Å². The Morgan fingerprint density at radius 1 is 0.778 bits per heavy atom. The Morgan fingerprint density at radius 3 is 2.42 bits per heavy atom. The van der Waals surface area contributed by atoms with Crippen molar-refractivity contribution in [1.29, 1.82) is 5.26 Å². The third-order valence-corrected chi connectivity index (χ3v) is 5.67. The number of aryl methyl sites for hydroxylation is 1. The van der Waals surface area contributed by atoms with Crippen LogP contribution in [0.1, 0.15) is 21.5 Å². The number of anilines is 5. The first-order valence-corrected chi connectivity index (χ1v) is 11.5. The molecule has 1 aromatic heterocycles. The summed E-state index contributed by atoms with van der Waals surface area (Å²) in [6.45, 7) is 1.99. The molecule has 0 aliphatic heterocycles. The van der Waals surface area contributed by atoms with E-state index in [2.05, 4.69) is 27.0 Å². The number of benzene rings is 4. The van der Waals surface area contributed by atoms with Gasteiger partial charge in [0.1, 0.15) is 0 Å². The summed E-state index contributed by atoms with van der Waals surface area (Å²) in [7, 11) is 0. The molecule has 0 radical (unpaired) electrons. The molecular formula is C30H23N5O. The van der Waals surface area contributed by atoms with Crippen LogP contribution in [0.25, 0.3) is 10.9 Å². The minimum absolute atomic E-state index is 0.207. The topological polar surface area (TPSA) is 89.8 Å². The standard InChI is InChI=1S/C30H23N5O/c1-20-14-25(33-23-7-3-2-4-8-23)18-26(15-20)35-30(36)22-6-5-9-24(17-22)34-29-12-13-32-28-11-10-21(19-31)16-27(28)29/h2-18,33H,1H3,(H,32,34)(H,35,36). The van der Waals surface area contributed by atoms with Gasteiger partial charge < -0.3 is 16.0 Å². The second-order valence-corrected chi connectivity index (χ2v) is 8.44. The van der Waals surface area contributed by atoms with E-state index < -0.39 is 0 Å². The van der Waals surface area contributed by atoms with Crippen LogP contribution >= 0.6 is 0 Å². The Hall–Kier alpha value is -5.15. The Kier molecular flexibility index (Phi) is 6.29. The van der Waals surface area contributed by atoms with Crippen molar-refractivity contribution in [3.05, 3.63) is 120 Å². The quantitative estimate of drug-likeness (QED) is 0.246. The Balaban J connectivity index is 1.36. The highest BCUT2D eigenvalue weighted by Gasteiger charge is 2.10. The maximum atomic E-state index is 13.1. The molecule has 1 amide bonds. The molecule has 6 heteroatoms. The van der Waals surface area contributed by atoms with Gasteiger partial charge in [-0.05, 0) is 85.3 Å². The maximum absolute atomic E-state index is 13.1. The van der Waals surface area contributed by atoms with Crippen LogP contribution in [0.15, 0.2) is 103 Å². The van der Waals surface area contributed by atoms with Crippen LogP contribution < -0.4 is 16.0 Å². The van der Waals surface area contributed by atoms with Crippen LogP contribution in [0, 0.1) is 18.3 Å². The van der Waals surface area contributed by atoms with E-state index in [0.717, 1.165) is 39.2 Å². The number of nitrogens with zero attached hydrogens (tertiary/aromatic N) is 2. The summed E-state index contributed by atoms with van der Waals surface area (Å²) >= 11 is 0. The van der Waals surface area contributed by atoms with Crippen molar-refractivity contribution in [3.8, 4) is 6.07 Å². The molecule has 36 heavy (non-hydrogen) atoms. The highest BCUT2D eigenvalue weighted by molar-refractivity contribution is 6.05. The number of amides is 1. The molecule has 0 aliphatic rings. The van der Waals surface area contributed by atoms with Crippen LogP contribution in [0.4, 0.5) is 28.4 Å². The van der Waals surface area contributed by atoms with Crippen molar-refractivity contribution in [2.24, 2.45) is 0 Å². The zero-order valence-electron chi connectivity index (χ0n) is 19.6. The van der Waals surface area contributed by atoms with Gasteiger partial charge in [0.2, 0.25) is 0 Å². The van der Waals surface area contributed by atoms with Gasteiger partial charge in [0.05, 0.1) is 17.1 Å². The van der Waals surface area contributed by atoms with Gasteiger partial charge >= 0.3 is 0 Å². The largest absolute Gasteiger partial charge is 0.355 e. The van der Waals surface area contributed by atoms with Gasteiger partial charge in [0, 0.05) is 45.6 Å². The molecule has 4 aromatic carbocycles. The van der Waals surface area contributed by atoms with Crippen LogP contribution in [0.2, 0.25) is 0 Å². The molecule has 0 aliphatic carbocycles. The summed E-state index contributed by atoms with van der Waals surface area (Å²) in [6, 6.07) is 32.5. The number of carbonyl (C=O) groups excluding carboxylic acids is 1. The molecule has 0 spiro atoms. The first-order chi connectivity index (χ1) is 17.6. The van der Waals surface area contributed by atoms with E-state index in [9.17, 15) is 10.1 Å². The number of fused-ring (bicyclic) bond motifs is 1. The molecule has 174 valence electrons. The normalized spacial score (nSPS) is 10.4. The fourth-order valence-electron chi connectivity index (χ4n) is 4.04. The smallest absolute Gasteiger partial charge is 0.255 e. The lowest BCUT2D eigenvalue weighted by atomic mass is 10.1. The molecule has 0 fully saturated rings. The molecule has 0 atom stereocenters. The molecule has 0 bridgehead atoms. The van der Waals surface area contributed by atoms with E-state index in [4.69, 9.17) is 0 Å². The summed E-state index contributed by atoms with van der Waals surface area (Å²) in [5.74, 6) is -0.207. The van der Waals surface area contributed by atoms with E-state index in [1.807, 2.05) is 79.7 Å². The van der Waals surface area contributed by atoms with E-state index in [1.165, 1.54) is 0 Å². The maximum Gasteiger partial charge on any atom is 0.255 e. The van der Waals surface area contributed by atoms with Gasteiger partial charge in [-0.1, -0.05) is 24.3 Å². The first kappa shape index (κ1) is 22.6. The molecule has 5 aromatic rings. The molecule has 0 saturated carbocycles. The number of hydrogen-bond donors (Lipinski definition) is 3. The number of para-hydroxylation sites is 1. The summed E-state index contributed by atoms with van der Waals surface area (Å²) in [5.41, 5.74) is 7.05. The molecule has 0 saturated heterocycles. The average molecular weight is 470 g/mol. The molecule has 6 nitrogen and oxygen atoms in total. The second-order valence-electron chi connectivity index (χ2n) is 8.44. The van der Waals surface area contributed by atoms with Crippen molar-refractivity contribution >= 4 is 45.2 Å². The number of rotatable bonds is 6. The molecule has 5 rings (SSSR count). The predicted octanol–water partition coefficient (Wildman–Crippen LogP) is 7.15. The third-order valence-electron chi connectivity index (χ3n) is 5.67. The van der Waals surface area contributed by atoms with Crippen molar-refractivity contribution in [2.45, 2.75) is 6.92 Å². The lowest BCUT2D eigenvalue weighted by Crippen LogP contribution is -2.12. The lowest BCUT2D eigenvalue weighted by Gasteiger charge is -2.13. The zero-order valence-corrected chi connectivity index (χ0v) is 19.6. The van der Waals surface area contributed by atoms with Gasteiger partial charge in [-0.15, -0.1) is 0 Å². The number of carbonyl (C=O) groups is 1. The minimum Gasteiger partial charge on any atom is -0.355 e. The summed E-state index contributed by atoms with van der Waals surface area (Å²) in [5, 5.41) is 19.8. The van der Waals surface area contributed by atoms with Gasteiger partial charge in [-0.3, -0.25) is 9.78 Å². The van der Waals surface area contributed by atoms with Crippen LogP contribution in [0.3, 0.4) is 0 Å². The SMILES string of the molecule is Cc1cc(NC(=O)c2cccc(Nc3ccnc4ccc(C#N)cc34)c2)cc(Nc2ccccc2)c1. The van der Waals surface area contributed by atoms with Crippen LogP contribution in [-0.4, -0.2) is 10.9 Å². The van der Waals surface area contributed by atoms with E-state index in [1.54, 1.807) is 30.5 Å². The lowest BCUT2D eigenvalue weighted by molar-refractivity contribution is 0.102. The van der Waals surface area contributed by atoms with Gasteiger partial charge in [-0.25, -0.2) is 0 Å². The second kappa shape index (κ2) is 10.00. The first-order valence-electron chi connectivity index (χ1n) is 11.5. The zero-order chi connectivity index (χ0) is 24.9. The van der Waals surface area contributed by atoms with Gasteiger partial charge in [0.25, 0.3) is 5.91 Å². The van der Waals surface area contributed by atoms with Crippen molar-refractivity contribution in [3.63, 3.8) is 0 Å². The summed E-state index contributed by atoms with van der Waals surface area (Å²) < 4.78 is 0. The highest BCUT2D eigenvalue weighted by atomic mass is 16.1. The van der Waals surface area contributed by atoms with E-state index >= 15 is 0 Å². The number of hydrogen-bond acceptors (Lipinski definition) is 5. The highest BCUT2D eigenvalue weighted by Crippen LogP contribution is 2.27. The summed E-state index contributed by atoms with van der Waals surface area (Å²) in [4.78, 5) is 17.5. The molecule has 1 heterocycles. The van der Waals surface area contributed by atoms with Gasteiger partial charge in [0.15, 0.2) is 0 Å². The van der Waals surface area contributed by atoms with Crippen LogP contribution in [0.5, 0.6) is 0 Å². The number of nitriles is 1. The number of pyridine rings is 1. The Morgan fingerprint density at radius 2 is 1.58 bits per heavy atom. The van der Waals surface area contributed by atoms with Crippen molar-refractivity contribution in [1.82, 2.24) is 4.98 Å². The van der Waals surface area contributed by atoms with Crippen molar-refractivity contribution in [2.75, 3.05) is 16.0 Å². The number of aromatic nitrogens is 1. The minimum atomic E-state index is -0.207. The third kappa shape index (κ3) is 5.16. The van der Waals surface area contributed by atoms with Gasteiger partial charge in [-0.2, -0.15) is 5.26 Å². The Bertz CT molecular complexity index is 1610. The Labute approximate surface area is 209 Å². The average Bonchev–Trinajstić information content (AvgIpc) is 2.89. The fraction of sp³-hybridized carbons (Fsp3) is 0.0333.